The minimum Gasteiger partial charge on any atom is -0.319 e. The van der Waals surface area contributed by atoms with Crippen LogP contribution in [-0.2, 0) is 0 Å². The van der Waals surface area contributed by atoms with Gasteiger partial charge in [-0.1, -0.05) is 11.6 Å². The van der Waals surface area contributed by atoms with Gasteiger partial charge in [0.25, 0.3) is 5.91 Å². The Morgan fingerprint density at radius 1 is 1.50 bits per heavy atom. The minimum absolute atomic E-state index is 0.179. The van der Waals surface area contributed by atoms with Crippen LogP contribution in [0.2, 0.25) is 5.02 Å². The highest BCUT2D eigenvalue weighted by Gasteiger charge is 2.07. The highest BCUT2D eigenvalue weighted by Crippen LogP contribution is 2.17. The first-order chi connectivity index (χ1) is 7.66. The number of carbonyl (C=O) groups excluding carboxylic acids is 1. The Kier molecular flexibility index (Phi) is 2.92. The van der Waals surface area contributed by atoms with Gasteiger partial charge in [-0.05, 0) is 30.7 Å². The van der Waals surface area contributed by atoms with Crippen LogP contribution in [0.5, 0.6) is 0 Å². The maximum atomic E-state index is 11.8. The number of halogens is 1. The topological polar surface area (TPSA) is 57.8 Å². The number of amides is 1. The van der Waals surface area contributed by atoms with E-state index in [9.17, 15) is 4.79 Å². The zero-order valence-corrected chi connectivity index (χ0v) is 9.38. The minimum atomic E-state index is -0.179. The summed E-state index contributed by atoms with van der Waals surface area (Å²) in [5, 5.41) is 9.72. The molecule has 0 aliphatic rings. The van der Waals surface area contributed by atoms with Crippen molar-refractivity contribution in [2.24, 2.45) is 0 Å². The number of carbonyl (C=O) groups is 1. The molecule has 0 atom stereocenters. The number of aryl methyl sites for hydroxylation is 1. The van der Waals surface area contributed by atoms with E-state index in [1.807, 2.05) is 6.92 Å². The molecule has 0 saturated carbocycles. The number of rotatable bonds is 2. The number of aromatic amines is 1. The van der Waals surface area contributed by atoms with Gasteiger partial charge in [0.15, 0.2) is 0 Å². The first-order valence-corrected chi connectivity index (χ1v) is 5.11. The van der Waals surface area contributed by atoms with Crippen LogP contribution >= 0.6 is 11.6 Å². The normalized spacial score (nSPS) is 10.1. The maximum Gasteiger partial charge on any atom is 0.255 e. The fourth-order valence-corrected chi connectivity index (χ4v) is 1.43. The number of benzene rings is 1. The van der Waals surface area contributed by atoms with E-state index in [-0.39, 0.29) is 5.91 Å². The summed E-state index contributed by atoms with van der Waals surface area (Å²) in [6.45, 7) is 1.86. The van der Waals surface area contributed by atoms with Gasteiger partial charge in [-0.25, -0.2) is 0 Å². The molecule has 1 heterocycles. The highest BCUT2D eigenvalue weighted by molar-refractivity contribution is 6.31. The van der Waals surface area contributed by atoms with Crippen molar-refractivity contribution in [1.82, 2.24) is 10.2 Å². The lowest BCUT2D eigenvalue weighted by Crippen LogP contribution is -2.11. The molecule has 0 radical (unpaired) electrons. The molecule has 1 aromatic heterocycles. The fraction of sp³-hybridized carbons (Fsp3) is 0.0909. The third-order valence-electron chi connectivity index (χ3n) is 2.18. The van der Waals surface area contributed by atoms with Gasteiger partial charge >= 0.3 is 0 Å². The average molecular weight is 236 g/mol. The van der Waals surface area contributed by atoms with Gasteiger partial charge in [-0.3, -0.25) is 9.89 Å². The first kappa shape index (κ1) is 10.7. The van der Waals surface area contributed by atoms with Crippen molar-refractivity contribution in [3.05, 3.63) is 46.7 Å². The van der Waals surface area contributed by atoms with Crippen molar-refractivity contribution in [3.8, 4) is 0 Å². The van der Waals surface area contributed by atoms with E-state index < -0.39 is 0 Å². The largest absolute Gasteiger partial charge is 0.319 e. The summed E-state index contributed by atoms with van der Waals surface area (Å²) in [6.07, 6.45) is 3.15. The number of aromatic nitrogens is 2. The molecule has 1 aromatic carbocycles. The molecule has 16 heavy (non-hydrogen) atoms. The molecule has 82 valence electrons. The Labute approximate surface area is 97.6 Å². The van der Waals surface area contributed by atoms with E-state index in [4.69, 9.17) is 11.6 Å². The van der Waals surface area contributed by atoms with Gasteiger partial charge in [0.1, 0.15) is 0 Å². The predicted molar refractivity (Wildman–Crippen MR) is 62.7 cm³/mol. The molecule has 1 amide bonds. The van der Waals surface area contributed by atoms with Crippen LogP contribution in [-0.4, -0.2) is 16.1 Å². The third-order valence-corrected chi connectivity index (χ3v) is 2.60. The summed E-state index contributed by atoms with van der Waals surface area (Å²) in [5.41, 5.74) is 2.09. The molecular weight excluding hydrogens is 226 g/mol. The van der Waals surface area contributed by atoms with Crippen molar-refractivity contribution >= 4 is 23.2 Å². The number of anilines is 1. The zero-order chi connectivity index (χ0) is 11.5. The standard InChI is InChI=1S/C11H10ClN3O/c1-7-4-8(2-3-10(7)12)11(16)15-9-5-13-14-6-9/h2-6H,1H3,(H,13,14)(H,15,16). The summed E-state index contributed by atoms with van der Waals surface area (Å²) < 4.78 is 0. The van der Waals surface area contributed by atoms with Crippen LogP contribution in [0.25, 0.3) is 0 Å². The Hall–Kier alpha value is -1.81. The van der Waals surface area contributed by atoms with E-state index in [0.717, 1.165) is 5.56 Å². The Morgan fingerprint density at radius 2 is 2.31 bits per heavy atom. The van der Waals surface area contributed by atoms with Crippen molar-refractivity contribution < 1.29 is 4.79 Å². The third kappa shape index (κ3) is 2.23. The van der Waals surface area contributed by atoms with Crippen molar-refractivity contribution in [2.45, 2.75) is 6.92 Å². The van der Waals surface area contributed by atoms with E-state index in [2.05, 4.69) is 15.5 Å². The van der Waals surface area contributed by atoms with Gasteiger partial charge in [-0.2, -0.15) is 5.10 Å². The molecule has 2 N–H and O–H groups in total. The summed E-state index contributed by atoms with van der Waals surface area (Å²) in [6, 6.07) is 5.14. The SMILES string of the molecule is Cc1cc(C(=O)Nc2cn[nH]c2)ccc1Cl. The Morgan fingerprint density at radius 3 is 2.94 bits per heavy atom. The van der Waals surface area contributed by atoms with Crippen LogP contribution in [0.4, 0.5) is 5.69 Å². The number of H-pyrrole nitrogens is 1. The van der Waals surface area contributed by atoms with Gasteiger partial charge < -0.3 is 5.32 Å². The number of nitrogens with one attached hydrogen (secondary N) is 2. The van der Waals surface area contributed by atoms with Gasteiger partial charge in [0, 0.05) is 16.8 Å². The highest BCUT2D eigenvalue weighted by atomic mass is 35.5. The maximum absolute atomic E-state index is 11.8. The van der Waals surface area contributed by atoms with Crippen LogP contribution < -0.4 is 5.32 Å². The summed E-state index contributed by atoms with van der Waals surface area (Å²) >= 11 is 5.88. The lowest BCUT2D eigenvalue weighted by Gasteiger charge is -2.04. The fourth-order valence-electron chi connectivity index (χ4n) is 1.31. The molecule has 0 aliphatic heterocycles. The van der Waals surface area contributed by atoms with Crippen molar-refractivity contribution in [1.29, 1.82) is 0 Å². The van der Waals surface area contributed by atoms with Gasteiger partial charge in [0.2, 0.25) is 0 Å². The Bertz CT molecular complexity index is 508. The molecule has 0 unspecified atom stereocenters. The van der Waals surface area contributed by atoms with E-state index in [0.29, 0.717) is 16.3 Å². The van der Waals surface area contributed by atoms with E-state index in [1.165, 1.54) is 0 Å². The second-order valence-corrected chi connectivity index (χ2v) is 3.81. The van der Waals surface area contributed by atoms with E-state index >= 15 is 0 Å². The van der Waals surface area contributed by atoms with Crippen molar-refractivity contribution in [2.75, 3.05) is 5.32 Å². The van der Waals surface area contributed by atoms with Crippen LogP contribution in [0.3, 0.4) is 0 Å². The molecule has 0 spiro atoms. The second kappa shape index (κ2) is 4.37. The van der Waals surface area contributed by atoms with Crippen LogP contribution in [0.1, 0.15) is 15.9 Å². The molecule has 0 bridgehead atoms. The number of nitrogens with zero attached hydrogens (tertiary/aromatic N) is 1. The zero-order valence-electron chi connectivity index (χ0n) is 8.62. The molecule has 5 heteroatoms. The summed E-state index contributed by atoms with van der Waals surface area (Å²) in [7, 11) is 0. The second-order valence-electron chi connectivity index (χ2n) is 3.41. The molecule has 2 aromatic rings. The number of hydrogen-bond donors (Lipinski definition) is 2. The molecule has 4 nitrogen and oxygen atoms in total. The first-order valence-electron chi connectivity index (χ1n) is 4.73. The molecule has 2 rings (SSSR count). The number of hydrogen-bond acceptors (Lipinski definition) is 2. The predicted octanol–water partition coefficient (Wildman–Crippen LogP) is 2.62. The van der Waals surface area contributed by atoms with Gasteiger partial charge in [0.05, 0.1) is 11.9 Å². The molecule has 0 aliphatic carbocycles. The lowest BCUT2D eigenvalue weighted by molar-refractivity contribution is 0.102. The van der Waals surface area contributed by atoms with E-state index in [1.54, 1.807) is 30.6 Å². The van der Waals surface area contributed by atoms with Crippen molar-refractivity contribution in [3.63, 3.8) is 0 Å². The average Bonchev–Trinajstić information content (AvgIpc) is 2.74. The lowest BCUT2D eigenvalue weighted by atomic mass is 10.1. The molecular formula is C11H10ClN3O. The molecule has 0 fully saturated rings. The van der Waals surface area contributed by atoms with Crippen LogP contribution in [0, 0.1) is 6.92 Å². The summed E-state index contributed by atoms with van der Waals surface area (Å²) in [4.78, 5) is 11.8. The monoisotopic (exact) mass is 235 g/mol. The molecule has 0 saturated heterocycles. The Balaban J connectivity index is 2.18. The summed E-state index contributed by atoms with van der Waals surface area (Å²) in [5.74, 6) is -0.179. The van der Waals surface area contributed by atoms with Crippen LogP contribution in [0.15, 0.2) is 30.6 Å². The smallest absolute Gasteiger partial charge is 0.255 e. The van der Waals surface area contributed by atoms with Gasteiger partial charge in [-0.15, -0.1) is 0 Å². The quantitative estimate of drug-likeness (QED) is 0.841.